The third-order valence-electron chi connectivity index (χ3n) is 2.88. The Balaban J connectivity index is 2.15. The zero-order valence-electron chi connectivity index (χ0n) is 11.7. The number of nitrogens with zero attached hydrogens (tertiary/aromatic N) is 3. The zero-order valence-corrected chi connectivity index (χ0v) is 11.7. The number of ether oxygens (including phenoxy) is 2. The molecule has 2 rings (SSSR count). The topological polar surface area (TPSA) is 68.9 Å². The van der Waals surface area contributed by atoms with Crippen molar-refractivity contribution in [1.29, 1.82) is 0 Å². The van der Waals surface area contributed by atoms with Crippen LogP contribution in [-0.4, -0.2) is 27.8 Å². The molecule has 106 valence electrons. The van der Waals surface area contributed by atoms with E-state index in [0.717, 1.165) is 11.3 Å². The van der Waals surface area contributed by atoms with Gasteiger partial charge in [0.05, 0.1) is 18.5 Å². The second kappa shape index (κ2) is 6.10. The Morgan fingerprint density at radius 3 is 2.75 bits per heavy atom. The van der Waals surface area contributed by atoms with Crippen LogP contribution in [0.25, 0.3) is 0 Å². The monoisotopic (exact) mass is 275 g/mol. The van der Waals surface area contributed by atoms with Crippen molar-refractivity contribution < 1.29 is 14.7 Å². The molecule has 0 aliphatic heterocycles. The van der Waals surface area contributed by atoms with E-state index in [1.807, 2.05) is 25.4 Å². The Bertz CT molecular complexity index is 620. The van der Waals surface area contributed by atoms with Crippen LogP contribution in [0.15, 0.2) is 35.6 Å². The summed E-state index contributed by atoms with van der Waals surface area (Å²) in [5.74, 6) is 1.20. The first-order valence-electron chi connectivity index (χ1n) is 6.12. The first-order chi connectivity index (χ1) is 9.63. The number of hydrogen-bond donors (Lipinski definition) is 1. The number of hydrogen-bond acceptors (Lipinski definition) is 5. The van der Waals surface area contributed by atoms with Gasteiger partial charge in [-0.1, -0.05) is 5.16 Å². The van der Waals surface area contributed by atoms with Crippen LogP contribution in [-0.2, 0) is 13.7 Å². The molecule has 20 heavy (non-hydrogen) atoms. The van der Waals surface area contributed by atoms with Crippen molar-refractivity contribution in [1.82, 2.24) is 9.78 Å². The van der Waals surface area contributed by atoms with Crippen LogP contribution in [0.4, 0.5) is 0 Å². The molecule has 6 nitrogen and oxygen atoms in total. The van der Waals surface area contributed by atoms with Gasteiger partial charge in [0.1, 0.15) is 6.61 Å². The van der Waals surface area contributed by atoms with E-state index in [2.05, 4.69) is 10.3 Å². The SMILES string of the molecule is COc1cc(/C(C)=N/O)ccc1OCc1ccn(C)n1. The van der Waals surface area contributed by atoms with Crippen LogP contribution in [0, 0.1) is 0 Å². The van der Waals surface area contributed by atoms with E-state index in [1.165, 1.54) is 0 Å². The van der Waals surface area contributed by atoms with E-state index in [-0.39, 0.29) is 0 Å². The molecule has 0 unspecified atom stereocenters. The maximum atomic E-state index is 8.78. The second-order valence-electron chi connectivity index (χ2n) is 4.32. The maximum Gasteiger partial charge on any atom is 0.161 e. The molecule has 6 heteroatoms. The third kappa shape index (κ3) is 3.09. The van der Waals surface area contributed by atoms with Crippen LogP contribution in [0.2, 0.25) is 0 Å². The van der Waals surface area contributed by atoms with E-state index >= 15 is 0 Å². The van der Waals surface area contributed by atoms with Gasteiger partial charge in [0.2, 0.25) is 0 Å². The summed E-state index contributed by atoms with van der Waals surface area (Å²) in [6.07, 6.45) is 1.86. The molecule has 0 bridgehead atoms. The zero-order chi connectivity index (χ0) is 14.5. The van der Waals surface area contributed by atoms with E-state index in [1.54, 1.807) is 30.8 Å². The number of aryl methyl sites for hydroxylation is 1. The first kappa shape index (κ1) is 13.9. The third-order valence-corrected chi connectivity index (χ3v) is 2.88. The molecule has 0 aliphatic rings. The molecule has 0 amide bonds. The molecule has 0 atom stereocenters. The Morgan fingerprint density at radius 1 is 1.35 bits per heavy atom. The summed E-state index contributed by atoms with van der Waals surface area (Å²) in [6, 6.07) is 7.25. The molecule has 1 heterocycles. The van der Waals surface area contributed by atoms with Gasteiger partial charge in [0.25, 0.3) is 0 Å². The van der Waals surface area contributed by atoms with E-state index in [4.69, 9.17) is 14.7 Å². The molecule has 0 saturated carbocycles. The Morgan fingerprint density at radius 2 is 2.15 bits per heavy atom. The highest BCUT2D eigenvalue weighted by Crippen LogP contribution is 2.29. The molecule has 1 N–H and O–H groups in total. The van der Waals surface area contributed by atoms with Gasteiger partial charge in [-0.15, -0.1) is 0 Å². The van der Waals surface area contributed by atoms with Crippen LogP contribution in [0.5, 0.6) is 11.5 Å². The van der Waals surface area contributed by atoms with Gasteiger partial charge in [0.15, 0.2) is 11.5 Å². The predicted octanol–water partition coefficient (Wildman–Crippen LogP) is 2.21. The van der Waals surface area contributed by atoms with Gasteiger partial charge >= 0.3 is 0 Å². The van der Waals surface area contributed by atoms with Crippen LogP contribution >= 0.6 is 0 Å². The molecular formula is C14H17N3O3. The van der Waals surface area contributed by atoms with E-state index < -0.39 is 0 Å². The molecule has 0 saturated heterocycles. The van der Waals surface area contributed by atoms with E-state index in [9.17, 15) is 0 Å². The lowest BCUT2D eigenvalue weighted by atomic mass is 10.1. The minimum atomic E-state index is 0.365. The molecule has 1 aromatic heterocycles. The van der Waals surface area contributed by atoms with Gasteiger partial charge in [-0.05, 0) is 31.2 Å². The fraction of sp³-hybridized carbons (Fsp3) is 0.286. The lowest BCUT2D eigenvalue weighted by molar-refractivity contribution is 0.279. The standard InChI is InChI=1S/C14H17N3O3/c1-10(16-18)11-4-5-13(14(8-11)19-3)20-9-12-6-7-17(2)15-12/h4-8,18H,9H2,1-3H3/b16-10+. The number of aromatic nitrogens is 2. The molecule has 1 aromatic carbocycles. The Hall–Kier alpha value is -2.50. The average molecular weight is 275 g/mol. The van der Waals surface area contributed by atoms with Crippen molar-refractivity contribution in [2.45, 2.75) is 13.5 Å². The van der Waals surface area contributed by atoms with Crippen molar-refractivity contribution in [3.63, 3.8) is 0 Å². The van der Waals surface area contributed by atoms with Crippen molar-refractivity contribution in [3.8, 4) is 11.5 Å². The lowest BCUT2D eigenvalue weighted by Crippen LogP contribution is -2.01. The lowest BCUT2D eigenvalue weighted by Gasteiger charge is -2.11. The largest absolute Gasteiger partial charge is 0.493 e. The highest BCUT2D eigenvalue weighted by molar-refractivity contribution is 5.98. The quantitative estimate of drug-likeness (QED) is 0.516. The average Bonchev–Trinajstić information content (AvgIpc) is 2.89. The second-order valence-corrected chi connectivity index (χ2v) is 4.32. The molecular weight excluding hydrogens is 258 g/mol. The number of oxime groups is 1. The predicted molar refractivity (Wildman–Crippen MR) is 74.5 cm³/mol. The molecule has 2 aromatic rings. The maximum absolute atomic E-state index is 8.78. The molecule has 0 radical (unpaired) electrons. The number of rotatable bonds is 5. The summed E-state index contributed by atoms with van der Waals surface area (Å²) in [5.41, 5.74) is 2.13. The summed E-state index contributed by atoms with van der Waals surface area (Å²) >= 11 is 0. The summed E-state index contributed by atoms with van der Waals surface area (Å²) in [4.78, 5) is 0. The summed E-state index contributed by atoms with van der Waals surface area (Å²) in [7, 11) is 3.42. The minimum absolute atomic E-state index is 0.365. The molecule has 0 spiro atoms. The summed E-state index contributed by atoms with van der Waals surface area (Å²) in [5, 5.41) is 16.2. The van der Waals surface area contributed by atoms with Gasteiger partial charge < -0.3 is 14.7 Å². The van der Waals surface area contributed by atoms with E-state index in [0.29, 0.717) is 23.8 Å². The Labute approximate surface area is 117 Å². The van der Waals surface area contributed by atoms with Gasteiger partial charge in [-0.3, -0.25) is 4.68 Å². The molecule has 0 fully saturated rings. The summed E-state index contributed by atoms with van der Waals surface area (Å²) in [6.45, 7) is 2.08. The van der Waals surface area contributed by atoms with Crippen LogP contribution < -0.4 is 9.47 Å². The van der Waals surface area contributed by atoms with Crippen LogP contribution in [0.3, 0.4) is 0 Å². The van der Waals surface area contributed by atoms with Crippen LogP contribution in [0.1, 0.15) is 18.2 Å². The minimum Gasteiger partial charge on any atom is -0.493 e. The van der Waals surface area contributed by atoms with Crippen molar-refractivity contribution >= 4 is 5.71 Å². The summed E-state index contributed by atoms with van der Waals surface area (Å²) < 4.78 is 12.7. The Kier molecular flexibility index (Phi) is 4.24. The van der Waals surface area contributed by atoms with Gasteiger partial charge in [0, 0.05) is 18.8 Å². The van der Waals surface area contributed by atoms with Crippen molar-refractivity contribution in [2.24, 2.45) is 12.2 Å². The van der Waals surface area contributed by atoms with Crippen molar-refractivity contribution in [2.75, 3.05) is 7.11 Å². The van der Waals surface area contributed by atoms with Gasteiger partial charge in [-0.25, -0.2) is 0 Å². The highest BCUT2D eigenvalue weighted by atomic mass is 16.5. The number of benzene rings is 1. The smallest absolute Gasteiger partial charge is 0.161 e. The van der Waals surface area contributed by atoms with Crippen molar-refractivity contribution in [3.05, 3.63) is 41.7 Å². The van der Waals surface area contributed by atoms with Gasteiger partial charge in [-0.2, -0.15) is 5.10 Å². The fourth-order valence-electron chi connectivity index (χ4n) is 1.76. The number of methoxy groups -OCH3 is 1. The highest BCUT2D eigenvalue weighted by Gasteiger charge is 2.08. The first-order valence-corrected chi connectivity index (χ1v) is 6.12. The fourth-order valence-corrected chi connectivity index (χ4v) is 1.76. The normalized spacial score (nSPS) is 11.4. The molecule has 0 aliphatic carbocycles.